The lowest BCUT2D eigenvalue weighted by molar-refractivity contribution is -0.149. The van der Waals surface area contributed by atoms with Gasteiger partial charge in [0.1, 0.15) is 35.8 Å². The fourth-order valence-corrected chi connectivity index (χ4v) is 6.18. The second-order valence-electron chi connectivity index (χ2n) is 10.2. The lowest BCUT2D eigenvalue weighted by atomic mass is 10.1. The number of anilines is 1. The Hall–Kier alpha value is -4.34. The smallest absolute Gasteiger partial charge is 0.459 e. The molecule has 18 heteroatoms. The van der Waals surface area contributed by atoms with Crippen LogP contribution in [0.1, 0.15) is 27.0 Å². The molecule has 2 aromatic heterocycles. The molecule has 3 heterocycles. The van der Waals surface area contributed by atoms with E-state index in [4.69, 9.17) is 24.3 Å². The molecule has 4 aromatic rings. The zero-order valence-corrected chi connectivity index (χ0v) is 24.7. The zero-order valence-electron chi connectivity index (χ0n) is 23.8. The number of benzene rings is 2. The van der Waals surface area contributed by atoms with Crippen LogP contribution in [0.2, 0.25) is 0 Å². The summed E-state index contributed by atoms with van der Waals surface area (Å²) in [6.07, 6.45) is -3.03. The molecule has 1 fully saturated rings. The first-order valence-electron chi connectivity index (χ1n) is 13.4. The number of carbonyl (C=O) groups is 1. The minimum Gasteiger partial charge on any atom is -0.462 e. The summed E-state index contributed by atoms with van der Waals surface area (Å²) >= 11 is 0. The number of nitrogens with zero attached hydrogens (tertiary/aromatic N) is 7. The van der Waals surface area contributed by atoms with Gasteiger partial charge >= 0.3 is 13.7 Å². The Morgan fingerprint density at radius 3 is 2.73 bits per heavy atom. The lowest BCUT2D eigenvalue weighted by Crippen LogP contribution is -2.45. The van der Waals surface area contributed by atoms with Crippen LogP contribution in [-0.4, -0.2) is 72.4 Å². The van der Waals surface area contributed by atoms with Crippen molar-refractivity contribution >= 4 is 41.5 Å². The molecule has 0 aliphatic carbocycles. The van der Waals surface area contributed by atoms with Gasteiger partial charge < -0.3 is 29.9 Å². The van der Waals surface area contributed by atoms with E-state index in [1.807, 2.05) is 18.2 Å². The molecule has 17 nitrogen and oxygen atoms in total. The highest BCUT2D eigenvalue weighted by Gasteiger charge is 2.56. The van der Waals surface area contributed by atoms with Crippen molar-refractivity contribution in [1.29, 1.82) is 0 Å². The third kappa shape index (κ3) is 6.02. The fourth-order valence-electron chi connectivity index (χ4n) is 4.65. The van der Waals surface area contributed by atoms with Crippen LogP contribution in [0.3, 0.4) is 0 Å². The highest BCUT2D eigenvalue weighted by molar-refractivity contribution is 7.52. The van der Waals surface area contributed by atoms with Gasteiger partial charge in [-0.25, -0.2) is 19.5 Å². The predicted molar refractivity (Wildman–Crippen MR) is 156 cm³/mol. The van der Waals surface area contributed by atoms with Crippen molar-refractivity contribution in [3.63, 3.8) is 0 Å². The number of hydrogen-bond donors (Lipinski definition) is 4. The van der Waals surface area contributed by atoms with Crippen LogP contribution in [0.5, 0.6) is 5.75 Å². The quantitative estimate of drug-likeness (QED) is 0.0615. The SMILES string of the molecule is CC(C)OC(=O)[C@H](C)NP(=O)(OC[C@@]1(N=[N+]=[N-])O[C@@H](n2cnc3c(N)ncnc32)[C@H](O)[C@@H]1O)Oc1cccc2ccccc12. The molecule has 0 radical (unpaired) electrons. The van der Waals surface area contributed by atoms with Crippen molar-refractivity contribution in [3.8, 4) is 5.75 Å². The van der Waals surface area contributed by atoms with E-state index in [0.29, 0.717) is 5.39 Å². The van der Waals surface area contributed by atoms with Gasteiger partial charge in [-0.3, -0.25) is 13.9 Å². The molecule has 2 aromatic carbocycles. The summed E-state index contributed by atoms with van der Waals surface area (Å²) < 4.78 is 38.3. The van der Waals surface area contributed by atoms with E-state index in [1.165, 1.54) is 24.1 Å². The number of aromatic nitrogens is 4. The van der Waals surface area contributed by atoms with E-state index in [-0.39, 0.29) is 22.7 Å². The average molecular weight is 628 g/mol. The molecular weight excluding hydrogens is 597 g/mol. The average Bonchev–Trinajstić information content (AvgIpc) is 3.52. The molecule has 232 valence electrons. The second kappa shape index (κ2) is 12.3. The first kappa shape index (κ1) is 31.1. The minimum atomic E-state index is -4.55. The first-order chi connectivity index (χ1) is 21.0. The number of hydrogen-bond acceptors (Lipinski definition) is 13. The molecule has 1 saturated heterocycles. The number of nitrogens with one attached hydrogen (secondary N) is 1. The summed E-state index contributed by atoms with van der Waals surface area (Å²) in [5, 5.41) is 29.6. The Balaban J connectivity index is 1.47. The fraction of sp³-hybridized carbons (Fsp3) is 0.385. The number of carbonyl (C=O) groups excluding carboxylic acids is 1. The third-order valence-electron chi connectivity index (χ3n) is 6.74. The molecule has 5 N–H and O–H groups in total. The van der Waals surface area contributed by atoms with E-state index in [2.05, 4.69) is 30.1 Å². The Bertz CT molecular complexity index is 1780. The number of azide groups is 1. The first-order valence-corrected chi connectivity index (χ1v) is 14.9. The van der Waals surface area contributed by atoms with Crippen molar-refractivity contribution < 1.29 is 38.1 Å². The zero-order chi connectivity index (χ0) is 31.6. The third-order valence-corrected chi connectivity index (χ3v) is 8.35. The van der Waals surface area contributed by atoms with Gasteiger partial charge in [-0.1, -0.05) is 41.5 Å². The molecule has 1 aliphatic heterocycles. The van der Waals surface area contributed by atoms with Gasteiger partial charge in [-0.05, 0) is 37.8 Å². The minimum absolute atomic E-state index is 0.0640. The number of aliphatic hydroxyl groups is 2. The maximum Gasteiger partial charge on any atom is 0.459 e. The van der Waals surface area contributed by atoms with Gasteiger partial charge in [0.2, 0.25) is 5.72 Å². The molecule has 44 heavy (non-hydrogen) atoms. The number of nitrogens with two attached hydrogens (primary N) is 1. The molecular formula is C26H30N9O8P. The summed E-state index contributed by atoms with van der Waals surface area (Å²) in [6, 6.07) is 11.0. The normalized spacial score (nSPS) is 23.7. The highest BCUT2D eigenvalue weighted by Crippen LogP contribution is 2.49. The van der Waals surface area contributed by atoms with Crippen LogP contribution in [0.4, 0.5) is 5.82 Å². The van der Waals surface area contributed by atoms with E-state index >= 15 is 0 Å². The van der Waals surface area contributed by atoms with Gasteiger partial charge in [0.25, 0.3) is 0 Å². The summed E-state index contributed by atoms with van der Waals surface area (Å²) in [6.45, 7) is 3.81. The highest BCUT2D eigenvalue weighted by atomic mass is 31.2. The van der Waals surface area contributed by atoms with Crippen molar-refractivity contribution in [3.05, 3.63) is 65.6 Å². The van der Waals surface area contributed by atoms with Gasteiger partial charge in [-0.15, -0.1) is 0 Å². The molecule has 0 spiro atoms. The topological polar surface area (TPSA) is 242 Å². The number of rotatable bonds is 11. The van der Waals surface area contributed by atoms with Gasteiger partial charge in [-0.2, -0.15) is 5.09 Å². The molecule has 5 rings (SSSR count). The number of esters is 1. The van der Waals surface area contributed by atoms with Crippen LogP contribution < -0.4 is 15.3 Å². The monoisotopic (exact) mass is 627 g/mol. The Labute approximate surface area is 250 Å². The summed E-state index contributed by atoms with van der Waals surface area (Å²) in [4.78, 5) is 27.5. The van der Waals surface area contributed by atoms with E-state index < -0.39 is 56.6 Å². The lowest BCUT2D eigenvalue weighted by Gasteiger charge is -2.30. The number of fused-ring (bicyclic) bond motifs is 2. The van der Waals surface area contributed by atoms with Gasteiger partial charge in [0.15, 0.2) is 17.7 Å². The maximum absolute atomic E-state index is 14.3. The van der Waals surface area contributed by atoms with Crippen LogP contribution >= 0.6 is 7.75 Å². The van der Waals surface area contributed by atoms with Gasteiger partial charge in [0.05, 0.1) is 19.0 Å². The Kier molecular flexibility index (Phi) is 8.72. The van der Waals surface area contributed by atoms with Crippen molar-refractivity contribution in [2.75, 3.05) is 12.3 Å². The molecule has 0 saturated carbocycles. The molecule has 1 unspecified atom stereocenters. The predicted octanol–water partition coefficient (Wildman–Crippen LogP) is 2.95. The Morgan fingerprint density at radius 2 is 1.98 bits per heavy atom. The van der Waals surface area contributed by atoms with Crippen LogP contribution in [0, 0.1) is 0 Å². The van der Waals surface area contributed by atoms with Crippen LogP contribution in [-0.2, 0) is 23.4 Å². The molecule has 1 aliphatic rings. The number of ether oxygens (including phenoxy) is 2. The van der Waals surface area contributed by atoms with E-state index in [0.717, 1.165) is 5.39 Å². The number of aliphatic hydroxyl groups excluding tert-OH is 2. The van der Waals surface area contributed by atoms with Crippen molar-refractivity contribution in [1.82, 2.24) is 24.6 Å². The number of nitrogen functional groups attached to an aromatic ring is 1. The summed E-state index contributed by atoms with van der Waals surface area (Å²) in [7, 11) is -4.55. The standard InChI is InChI=1S/C26H30N9O8P/c1-14(2)41-25(38)15(3)32-44(39,43-18-10-6-8-16-7-4-5-9-17(16)18)40-11-26(33-34-28)21(37)20(36)24(42-26)35-13-31-19-22(27)29-12-30-23(19)35/h4-10,12-15,20-21,24,36-37H,11H2,1-3H3,(H,32,39)(H2,27,29,30)/t15-,20+,21-,24+,26+,44?/m0/s1. The van der Waals surface area contributed by atoms with Crippen LogP contribution in [0.15, 0.2) is 60.2 Å². The maximum atomic E-state index is 14.3. The van der Waals surface area contributed by atoms with Gasteiger partial charge in [0, 0.05) is 10.3 Å². The van der Waals surface area contributed by atoms with Crippen molar-refractivity contribution in [2.24, 2.45) is 5.11 Å². The van der Waals surface area contributed by atoms with Crippen molar-refractivity contribution in [2.45, 2.75) is 57.1 Å². The summed E-state index contributed by atoms with van der Waals surface area (Å²) in [5.41, 5.74) is 13.3. The summed E-state index contributed by atoms with van der Waals surface area (Å²) in [5.74, 6) is -0.528. The molecule has 0 bridgehead atoms. The second-order valence-corrected chi connectivity index (χ2v) is 11.9. The Morgan fingerprint density at radius 1 is 1.23 bits per heavy atom. The number of imidazole rings is 1. The molecule has 6 atom stereocenters. The largest absolute Gasteiger partial charge is 0.462 e. The van der Waals surface area contributed by atoms with E-state index in [1.54, 1.807) is 38.1 Å². The van der Waals surface area contributed by atoms with Crippen LogP contribution in [0.25, 0.3) is 32.4 Å². The molecule has 0 amide bonds. The van der Waals surface area contributed by atoms with E-state index in [9.17, 15) is 25.1 Å².